The Hall–Kier alpha value is -4.45. The molecule has 1 aliphatic carbocycles. The molecule has 274 valence electrons. The highest BCUT2D eigenvalue weighted by molar-refractivity contribution is 5.99. The third-order valence-electron chi connectivity index (χ3n) is 8.88. The molecule has 0 spiro atoms. The zero-order chi connectivity index (χ0) is 36.2. The van der Waals surface area contributed by atoms with Crippen LogP contribution < -0.4 is 20.4 Å². The first-order valence-electron chi connectivity index (χ1n) is 17.4. The van der Waals surface area contributed by atoms with Crippen LogP contribution in [0.1, 0.15) is 80.9 Å². The minimum Gasteiger partial charge on any atom is -0.861 e. The number of carbonyl (C=O) groups is 1. The lowest BCUT2D eigenvalue weighted by molar-refractivity contribution is -0.787. The number of hydrogen-bond donors (Lipinski definition) is 2. The summed E-state index contributed by atoms with van der Waals surface area (Å²) in [6.45, 7) is 2.09. The Morgan fingerprint density at radius 1 is 1.10 bits per heavy atom. The van der Waals surface area contributed by atoms with E-state index in [1.807, 2.05) is 0 Å². The molecule has 51 heavy (non-hydrogen) atoms. The maximum atomic E-state index is 13.9. The van der Waals surface area contributed by atoms with Crippen LogP contribution in [0.5, 0.6) is 0 Å². The maximum Gasteiger partial charge on any atom is 0.416 e. The molecule has 11 nitrogen and oxygen atoms in total. The number of rotatable bonds is 12. The predicted molar refractivity (Wildman–Crippen MR) is 183 cm³/mol. The Labute approximate surface area is 296 Å². The van der Waals surface area contributed by atoms with E-state index in [1.165, 1.54) is 6.07 Å². The van der Waals surface area contributed by atoms with Crippen LogP contribution >= 0.6 is 0 Å². The van der Waals surface area contributed by atoms with Gasteiger partial charge in [-0.05, 0) is 86.5 Å². The number of anilines is 2. The molecule has 1 saturated carbocycles. The summed E-state index contributed by atoms with van der Waals surface area (Å²) < 4.78 is 60.0. The maximum absolute atomic E-state index is 13.9. The van der Waals surface area contributed by atoms with Gasteiger partial charge >= 0.3 is 18.1 Å². The second-order valence-electron chi connectivity index (χ2n) is 13.2. The standard InChI is InChI=1S/C37H45F3N6O5/c1-45(2)24-26-15-17-31(18-16-26)46-25-33(51-44-46)43-36(48)42-30-22-28(37(38,39)40)21-29(23-30)41-35(47)32(27-11-5-3-6-12-27)13-7-4-9-19-49-34-14-8-10-20-50-34/h3,5-6,11-12,21-23,25-26,31-32,34H,8-10,13-20,24H2,1-2H3,(H2-,41,42,43,44,47,48). The Morgan fingerprint density at radius 2 is 1.88 bits per heavy atom. The number of hydrogen-bond acceptors (Lipinski definition) is 8. The molecular weight excluding hydrogens is 665 g/mol. The van der Waals surface area contributed by atoms with Gasteiger partial charge in [0.15, 0.2) is 12.3 Å². The van der Waals surface area contributed by atoms with E-state index in [-0.39, 0.29) is 36.0 Å². The molecule has 1 saturated heterocycles. The lowest BCUT2D eigenvalue weighted by Crippen LogP contribution is -2.43. The first-order valence-corrected chi connectivity index (χ1v) is 17.4. The van der Waals surface area contributed by atoms with Gasteiger partial charge in [0.2, 0.25) is 5.27 Å². The zero-order valence-corrected chi connectivity index (χ0v) is 29.0. The van der Waals surface area contributed by atoms with Crippen molar-refractivity contribution in [2.45, 2.75) is 82.2 Å². The second-order valence-corrected chi connectivity index (χ2v) is 13.2. The smallest absolute Gasteiger partial charge is 0.416 e. The van der Waals surface area contributed by atoms with Gasteiger partial charge in [-0.3, -0.25) is 14.8 Å². The number of carbonyl (C=O) groups excluding carboxylic acids is 1. The Bertz CT molecular complexity index is 1660. The van der Waals surface area contributed by atoms with Crippen LogP contribution in [0.2, 0.25) is 0 Å². The molecule has 2 N–H and O–H groups in total. The van der Waals surface area contributed by atoms with Crippen LogP contribution in [0.3, 0.4) is 0 Å². The van der Waals surface area contributed by atoms with E-state index in [0.717, 1.165) is 63.6 Å². The third-order valence-corrected chi connectivity index (χ3v) is 8.88. The van der Waals surface area contributed by atoms with Crippen molar-refractivity contribution in [2.24, 2.45) is 10.9 Å². The highest BCUT2D eigenvalue weighted by atomic mass is 19.4. The molecule has 5 rings (SSSR count). The fourth-order valence-electron chi connectivity index (χ4n) is 6.36. The van der Waals surface area contributed by atoms with Crippen LogP contribution in [-0.2, 0) is 15.7 Å². The van der Waals surface area contributed by atoms with E-state index in [9.17, 15) is 23.1 Å². The first-order chi connectivity index (χ1) is 24.5. The van der Waals surface area contributed by atoms with Crippen LogP contribution in [-0.4, -0.2) is 62.2 Å². The van der Waals surface area contributed by atoms with E-state index in [2.05, 4.69) is 51.7 Å². The number of aliphatic imine (C=N–C) groups is 1. The fourth-order valence-corrected chi connectivity index (χ4v) is 6.36. The number of aromatic nitrogens is 2. The molecule has 3 aromatic rings. The summed E-state index contributed by atoms with van der Waals surface area (Å²) in [7, 11) is 4.12. The quantitative estimate of drug-likeness (QED) is 0.0731. The van der Waals surface area contributed by atoms with Crippen molar-refractivity contribution in [3.05, 3.63) is 65.9 Å². The summed E-state index contributed by atoms with van der Waals surface area (Å²) in [6, 6.07) is 10.8. The van der Waals surface area contributed by atoms with Crippen molar-refractivity contribution in [1.82, 2.24) is 10.2 Å². The molecular formula is C37H45F3N6O5. The van der Waals surface area contributed by atoms with Gasteiger partial charge < -0.3 is 24.8 Å². The lowest BCUT2D eigenvalue weighted by atomic mass is 9.86. The summed E-state index contributed by atoms with van der Waals surface area (Å²) in [6.07, 6.45) is 3.95. The number of urea groups is 1. The Morgan fingerprint density at radius 3 is 2.59 bits per heavy atom. The van der Waals surface area contributed by atoms with E-state index >= 15 is 0 Å². The first kappa shape index (κ1) is 37.8. The van der Waals surface area contributed by atoms with E-state index in [4.69, 9.17) is 14.0 Å². The van der Waals surface area contributed by atoms with Gasteiger partial charge in [0.25, 0.3) is 6.20 Å². The van der Waals surface area contributed by atoms with Crippen molar-refractivity contribution >= 4 is 29.2 Å². The van der Waals surface area contributed by atoms with E-state index < -0.39 is 29.6 Å². The van der Waals surface area contributed by atoms with Gasteiger partial charge in [-0.2, -0.15) is 13.2 Å². The van der Waals surface area contributed by atoms with Crippen molar-refractivity contribution in [2.75, 3.05) is 44.5 Å². The summed E-state index contributed by atoms with van der Waals surface area (Å²) in [5.74, 6) is 5.17. The van der Waals surface area contributed by atoms with Crippen LogP contribution in [0.15, 0.2) is 64.2 Å². The molecule has 2 aliphatic rings. The van der Waals surface area contributed by atoms with Crippen LogP contribution in [0.25, 0.3) is 0 Å². The van der Waals surface area contributed by atoms with E-state index in [1.54, 1.807) is 41.2 Å². The Kier molecular flexibility index (Phi) is 13.5. The zero-order valence-electron chi connectivity index (χ0n) is 29.0. The average Bonchev–Trinajstić information content (AvgIpc) is 3.56. The number of nitrogens with zero attached hydrogens (tertiary/aromatic N) is 4. The average molecular weight is 711 g/mol. The summed E-state index contributed by atoms with van der Waals surface area (Å²) in [5, 5.41) is 22.4. The van der Waals surface area contributed by atoms with Gasteiger partial charge in [0.05, 0.1) is 17.9 Å². The largest absolute Gasteiger partial charge is 0.861 e. The van der Waals surface area contributed by atoms with Crippen molar-refractivity contribution in [3.63, 3.8) is 0 Å². The third kappa shape index (κ3) is 11.8. The number of nitrogens with one attached hydrogen (secondary N) is 2. The number of halogens is 3. The molecule has 2 amide bonds. The molecule has 0 bridgehead atoms. The van der Waals surface area contributed by atoms with Gasteiger partial charge in [-0.15, -0.1) is 11.8 Å². The highest BCUT2D eigenvalue weighted by Crippen LogP contribution is 2.35. The summed E-state index contributed by atoms with van der Waals surface area (Å²) >= 11 is 0. The van der Waals surface area contributed by atoms with Crippen molar-refractivity contribution in [1.29, 1.82) is 0 Å². The lowest BCUT2D eigenvalue weighted by Gasteiger charge is -2.26. The van der Waals surface area contributed by atoms with Gasteiger partial charge in [-0.25, -0.2) is 4.79 Å². The molecule has 2 atom stereocenters. The molecule has 2 unspecified atom stereocenters. The topological polar surface area (TPSA) is 128 Å². The SMILES string of the molecule is CN(C)CC1CCC([n+]2cc(NC(=O)Nc3cc(N=C([O-])C(CC#CCCOC4CCCCO4)c4ccccc4)cc(C(F)(F)F)c3)on2)CC1. The predicted octanol–water partition coefficient (Wildman–Crippen LogP) is 6.42. The van der Waals surface area contributed by atoms with Crippen LogP contribution in [0, 0.1) is 17.8 Å². The monoisotopic (exact) mass is 710 g/mol. The minimum absolute atomic E-state index is 0.0377. The number of benzene rings is 2. The molecule has 0 radical (unpaired) electrons. The highest BCUT2D eigenvalue weighted by Gasteiger charge is 2.32. The van der Waals surface area contributed by atoms with Gasteiger partial charge in [0.1, 0.15) is 0 Å². The number of ether oxygens (including phenoxy) is 2. The molecule has 2 aromatic carbocycles. The summed E-state index contributed by atoms with van der Waals surface area (Å²) in [5.41, 5.74) is -0.920. The number of amides is 2. The Balaban J connectivity index is 1.25. The van der Waals surface area contributed by atoms with Gasteiger partial charge in [-0.1, -0.05) is 30.3 Å². The molecule has 1 aliphatic heterocycles. The van der Waals surface area contributed by atoms with Crippen LogP contribution in [0.4, 0.5) is 35.2 Å². The normalized spacial score (nSPS) is 20.4. The number of alkyl halides is 3. The second kappa shape index (κ2) is 18.2. The molecule has 2 fully saturated rings. The van der Waals surface area contributed by atoms with E-state index in [0.29, 0.717) is 31.1 Å². The van der Waals surface area contributed by atoms with Crippen molar-refractivity contribution in [3.8, 4) is 11.8 Å². The molecule has 1 aromatic heterocycles. The molecule has 14 heteroatoms. The van der Waals surface area contributed by atoms with Crippen molar-refractivity contribution < 1.29 is 41.8 Å². The van der Waals surface area contributed by atoms with Gasteiger partial charge in [0, 0.05) is 50.4 Å². The minimum atomic E-state index is -4.77. The fraction of sp³-hybridized carbons (Fsp3) is 0.514. The molecule has 2 heterocycles. The summed E-state index contributed by atoms with van der Waals surface area (Å²) in [4.78, 5) is 19.1.